The summed E-state index contributed by atoms with van der Waals surface area (Å²) in [6.45, 7) is 0. The Morgan fingerprint density at radius 3 is 3.20 bits per heavy atom. The van der Waals surface area contributed by atoms with Gasteiger partial charge in [0.2, 0.25) is 0 Å². The molecule has 2 aromatic heterocycles. The highest BCUT2D eigenvalue weighted by atomic mass is 19.1. The lowest BCUT2D eigenvalue weighted by Crippen LogP contribution is -1.91. The summed E-state index contributed by atoms with van der Waals surface area (Å²) in [5, 5.41) is 3.22. The summed E-state index contributed by atoms with van der Waals surface area (Å²) in [7, 11) is 0. The molecule has 0 atom stereocenters. The van der Waals surface area contributed by atoms with Gasteiger partial charge in [-0.2, -0.15) is 0 Å². The molecule has 7 heteroatoms. The Kier molecular flexibility index (Phi) is 2.07. The van der Waals surface area contributed by atoms with Crippen LogP contribution in [0.1, 0.15) is 10.4 Å². The number of carbonyl (C=O) groups is 1. The summed E-state index contributed by atoms with van der Waals surface area (Å²) < 4.78 is 12.9. The number of hydrogen-bond donors (Lipinski definition) is 1. The second-order valence-corrected chi connectivity index (χ2v) is 2.75. The molecule has 1 N–H and O–H groups in total. The number of rotatable bonds is 1. The van der Waals surface area contributed by atoms with Crippen molar-refractivity contribution in [1.82, 2.24) is 9.97 Å². The van der Waals surface area contributed by atoms with Crippen molar-refractivity contribution >= 4 is 16.9 Å². The maximum Gasteiger partial charge on any atom is 0.251 e. The lowest BCUT2D eigenvalue weighted by molar-refractivity contribution is 0.100. The molecule has 74 valence electrons. The molecule has 0 aliphatic heterocycles. The van der Waals surface area contributed by atoms with Crippen LogP contribution in [0.4, 0.5) is 4.39 Å². The lowest BCUT2D eigenvalue weighted by Gasteiger charge is -1.91. The highest BCUT2D eigenvalue weighted by Gasteiger charge is 2.11. The van der Waals surface area contributed by atoms with E-state index in [0.29, 0.717) is 11.0 Å². The van der Waals surface area contributed by atoms with Gasteiger partial charge in [0.05, 0.1) is 11.8 Å². The number of hydrogen-bond acceptors (Lipinski definition) is 2. The molecule has 0 saturated heterocycles. The standard InChI is InChI=1S/C8H4FN5O/c9-4-1-5-6(8(15)13-14-10)3-12-7(5)11-2-4/h1-3H,(H,11,12). The zero-order valence-corrected chi connectivity index (χ0v) is 7.31. The number of H-pyrrole nitrogens is 1. The van der Waals surface area contributed by atoms with Gasteiger partial charge in [0, 0.05) is 16.5 Å². The van der Waals surface area contributed by atoms with E-state index in [4.69, 9.17) is 5.53 Å². The van der Waals surface area contributed by atoms with Crippen LogP contribution in [0, 0.1) is 5.82 Å². The molecular formula is C8H4FN5O. The summed E-state index contributed by atoms with van der Waals surface area (Å²) in [5.74, 6) is -1.33. The highest BCUT2D eigenvalue weighted by Crippen LogP contribution is 2.17. The van der Waals surface area contributed by atoms with E-state index in [1.54, 1.807) is 0 Å². The van der Waals surface area contributed by atoms with Crippen LogP contribution in [0.5, 0.6) is 0 Å². The third-order valence-electron chi connectivity index (χ3n) is 1.86. The van der Waals surface area contributed by atoms with Gasteiger partial charge in [-0.1, -0.05) is 0 Å². The van der Waals surface area contributed by atoms with E-state index in [9.17, 15) is 9.18 Å². The molecule has 6 nitrogen and oxygen atoms in total. The van der Waals surface area contributed by atoms with Gasteiger partial charge in [-0.25, -0.2) is 9.37 Å². The van der Waals surface area contributed by atoms with Crippen molar-refractivity contribution < 1.29 is 9.18 Å². The molecule has 0 saturated carbocycles. The SMILES string of the molecule is [N-]=[N+]=NC(=O)c1c[nH]c2ncc(F)cc12. The number of fused-ring (bicyclic) bond motifs is 1. The number of nitrogens with zero attached hydrogens (tertiary/aromatic N) is 4. The van der Waals surface area contributed by atoms with Crippen molar-refractivity contribution in [2.45, 2.75) is 0 Å². The maximum absolute atomic E-state index is 12.9. The molecule has 2 rings (SSSR count). The van der Waals surface area contributed by atoms with Crippen LogP contribution in [0.15, 0.2) is 23.6 Å². The molecule has 0 bridgehead atoms. The summed E-state index contributed by atoms with van der Waals surface area (Å²) in [6.07, 6.45) is 2.36. The first-order valence-corrected chi connectivity index (χ1v) is 3.94. The molecule has 2 heterocycles. The van der Waals surface area contributed by atoms with E-state index >= 15 is 0 Å². The number of halogens is 1. The first-order valence-electron chi connectivity index (χ1n) is 3.94. The second kappa shape index (κ2) is 3.39. The normalized spacial score (nSPS) is 9.93. The number of nitrogens with one attached hydrogen (secondary N) is 1. The minimum Gasteiger partial charge on any atom is -0.345 e. The van der Waals surface area contributed by atoms with Crippen molar-refractivity contribution in [3.8, 4) is 0 Å². The predicted molar refractivity (Wildman–Crippen MR) is 49.5 cm³/mol. The topological polar surface area (TPSA) is 94.5 Å². The van der Waals surface area contributed by atoms with E-state index in [0.717, 1.165) is 12.3 Å². The third kappa shape index (κ3) is 1.51. The van der Waals surface area contributed by atoms with Gasteiger partial charge >= 0.3 is 0 Å². The lowest BCUT2D eigenvalue weighted by atomic mass is 10.2. The predicted octanol–water partition coefficient (Wildman–Crippen LogP) is 2.15. The first-order chi connectivity index (χ1) is 7.22. The van der Waals surface area contributed by atoms with E-state index in [1.807, 2.05) is 0 Å². The molecule has 0 fully saturated rings. The smallest absolute Gasteiger partial charge is 0.251 e. The molecule has 15 heavy (non-hydrogen) atoms. The molecule has 0 unspecified atom stereocenters. The number of aromatic nitrogens is 2. The Morgan fingerprint density at radius 1 is 1.67 bits per heavy atom. The van der Waals surface area contributed by atoms with Crippen LogP contribution in [0.25, 0.3) is 21.5 Å². The molecular weight excluding hydrogens is 201 g/mol. The van der Waals surface area contributed by atoms with E-state index in [-0.39, 0.29) is 5.56 Å². The fraction of sp³-hybridized carbons (Fsp3) is 0. The number of pyridine rings is 1. The number of aromatic amines is 1. The number of amides is 1. The summed E-state index contributed by atoms with van der Waals surface area (Å²) in [6, 6.07) is 1.15. The Hall–Kier alpha value is -2.40. The van der Waals surface area contributed by atoms with Crippen LogP contribution in [0.3, 0.4) is 0 Å². The molecule has 0 aliphatic rings. The van der Waals surface area contributed by atoms with Crippen LogP contribution in [-0.2, 0) is 0 Å². The Bertz CT molecular complexity index is 584. The van der Waals surface area contributed by atoms with Crippen LogP contribution >= 0.6 is 0 Å². The molecule has 0 aromatic carbocycles. The Morgan fingerprint density at radius 2 is 2.47 bits per heavy atom. The van der Waals surface area contributed by atoms with Gasteiger partial charge in [-0.05, 0) is 16.7 Å². The van der Waals surface area contributed by atoms with Crippen LogP contribution < -0.4 is 0 Å². The molecule has 1 amide bonds. The van der Waals surface area contributed by atoms with Crippen molar-refractivity contribution in [1.29, 1.82) is 0 Å². The Balaban J connectivity index is 2.66. The maximum atomic E-state index is 12.9. The van der Waals surface area contributed by atoms with Gasteiger partial charge < -0.3 is 4.98 Å². The van der Waals surface area contributed by atoms with E-state index < -0.39 is 11.7 Å². The highest BCUT2D eigenvalue weighted by molar-refractivity contribution is 6.06. The average Bonchev–Trinajstić information content (AvgIpc) is 2.60. The zero-order valence-electron chi connectivity index (χ0n) is 7.31. The van der Waals surface area contributed by atoms with Crippen molar-refractivity contribution in [3.63, 3.8) is 0 Å². The van der Waals surface area contributed by atoms with Gasteiger partial charge in [0.1, 0.15) is 11.5 Å². The monoisotopic (exact) mass is 205 g/mol. The number of azide groups is 1. The Labute approximate surface area is 82.4 Å². The average molecular weight is 205 g/mol. The minimum absolute atomic E-state index is 0.106. The zero-order chi connectivity index (χ0) is 10.8. The summed E-state index contributed by atoms with van der Waals surface area (Å²) >= 11 is 0. The third-order valence-corrected chi connectivity index (χ3v) is 1.86. The fourth-order valence-corrected chi connectivity index (χ4v) is 1.25. The molecule has 0 spiro atoms. The quantitative estimate of drug-likeness (QED) is 0.438. The van der Waals surface area contributed by atoms with Crippen LogP contribution in [-0.4, -0.2) is 15.9 Å². The van der Waals surface area contributed by atoms with Gasteiger partial charge in [0.15, 0.2) is 0 Å². The van der Waals surface area contributed by atoms with Crippen LogP contribution in [0.2, 0.25) is 0 Å². The largest absolute Gasteiger partial charge is 0.345 e. The van der Waals surface area contributed by atoms with Gasteiger partial charge in [0.25, 0.3) is 5.91 Å². The molecule has 0 radical (unpaired) electrons. The van der Waals surface area contributed by atoms with Crippen molar-refractivity contribution in [2.75, 3.05) is 0 Å². The summed E-state index contributed by atoms with van der Waals surface area (Å²) in [5.41, 5.74) is 8.57. The van der Waals surface area contributed by atoms with Crippen molar-refractivity contribution in [2.24, 2.45) is 5.11 Å². The fourth-order valence-electron chi connectivity index (χ4n) is 1.25. The van der Waals surface area contributed by atoms with Gasteiger partial charge in [-0.15, -0.1) is 0 Å². The molecule has 0 aliphatic carbocycles. The summed E-state index contributed by atoms with van der Waals surface area (Å²) in [4.78, 5) is 20.0. The van der Waals surface area contributed by atoms with Gasteiger partial charge in [-0.3, -0.25) is 4.79 Å². The number of carbonyl (C=O) groups excluding carboxylic acids is 1. The second-order valence-electron chi connectivity index (χ2n) is 2.75. The molecule has 2 aromatic rings. The first kappa shape index (κ1) is 9.17. The van der Waals surface area contributed by atoms with E-state index in [2.05, 4.69) is 20.0 Å². The van der Waals surface area contributed by atoms with E-state index in [1.165, 1.54) is 6.20 Å². The minimum atomic E-state index is -0.767. The van der Waals surface area contributed by atoms with Crippen molar-refractivity contribution in [3.05, 3.63) is 40.3 Å².